The van der Waals surface area contributed by atoms with Gasteiger partial charge in [0, 0.05) is 25.2 Å². The molecule has 0 bridgehead atoms. The molecule has 0 spiro atoms. The zero-order valence-corrected chi connectivity index (χ0v) is 28.2. The van der Waals surface area contributed by atoms with Gasteiger partial charge in [-0.25, -0.2) is 0 Å². The van der Waals surface area contributed by atoms with E-state index in [1.165, 1.54) is 70.6 Å². The van der Waals surface area contributed by atoms with E-state index in [1.54, 1.807) is 0 Å². The van der Waals surface area contributed by atoms with E-state index in [9.17, 15) is 0 Å². The quantitative estimate of drug-likeness (QED) is 0.157. The van der Waals surface area contributed by atoms with Crippen LogP contribution in [-0.4, -0.2) is 64.3 Å². The summed E-state index contributed by atoms with van der Waals surface area (Å²) in [5.41, 5.74) is 12.3. The topological polar surface area (TPSA) is 91.8 Å². The number of unbranched alkanes of at least 4 members (excludes halogenated alkanes) is 1. The third-order valence-corrected chi connectivity index (χ3v) is 12.9. The fourth-order valence-corrected chi connectivity index (χ4v) is 10.6. The fraction of sp³-hybridized carbons (Fsp3) is 1.00. The molecule has 0 aromatic carbocycles. The van der Waals surface area contributed by atoms with Gasteiger partial charge in [0.2, 0.25) is 0 Å². The minimum absolute atomic E-state index is 0.214. The van der Waals surface area contributed by atoms with Crippen LogP contribution in [0.2, 0.25) is 0 Å². The van der Waals surface area contributed by atoms with Gasteiger partial charge in [0.1, 0.15) is 0 Å². The van der Waals surface area contributed by atoms with Crippen LogP contribution in [0.1, 0.15) is 118 Å². The number of nitrogens with one attached hydrogen (secondary N) is 1. The molecule has 11 atom stereocenters. The lowest BCUT2D eigenvalue weighted by molar-refractivity contribution is -0.227. The van der Waals surface area contributed by atoms with Crippen LogP contribution in [0.5, 0.6) is 0 Å². The summed E-state index contributed by atoms with van der Waals surface area (Å²) in [6.45, 7) is 18.5. The second-order valence-corrected chi connectivity index (χ2v) is 15.2. The predicted octanol–water partition coefficient (Wildman–Crippen LogP) is 6.54. The largest absolute Gasteiger partial charge is 0.378 e. The SMILES string of the molecule is CCCCO[C@@H]1C[C@@H]2C[C@H](OCCCN)CC[C@]2(C)C2C[C@H](OCCCN)[C@]3(C)[C@@H]([C@H](C)CCCNCC)CC[C@H]3C21. The van der Waals surface area contributed by atoms with Crippen molar-refractivity contribution in [2.24, 2.45) is 57.8 Å². The first-order valence-corrected chi connectivity index (χ1v) is 18.3. The molecule has 4 aliphatic rings. The molecule has 42 heavy (non-hydrogen) atoms. The molecule has 6 heteroatoms. The van der Waals surface area contributed by atoms with Crippen molar-refractivity contribution in [2.45, 2.75) is 136 Å². The van der Waals surface area contributed by atoms with Crippen LogP contribution in [0.3, 0.4) is 0 Å². The second-order valence-electron chi connectivity index (χ2n) is 15.2. The molecule has 4 aliphatic carbocycles. The predicted molar refractivity (Wildman–Crippen MR) is 174 cm³/mol. The summed E-state index contributed by atoms with van der Waals surface area (Å²) in [5, 5.41) is 3.55. The minimum atomic E-state index is 0.214. The third kappa shape index (κ3) is 7.41. The van der Waals surface area contributed by atoms with Crippen molar-refractivity contribution in [3.63, 3.8) is 0 Å². The second kappa shape index (κ2) is 16.4. The van der Waals surface area contributed by atoms with E-state index in [0.29, 0.717) is 60.5 Å². The van der Waals surface area contributed by atoms with Crippen LogP contribution < -0.4 is 16.8 Å². The number of fused-ring (bicyclic) bond motifs is 5. The molecule has 0 radical (unpaired) electrons. The molecule has 4 saturated carbocycles. The molecule has 0 amide bonds. The molecule has 0 saturated heterocycles. The molecule has 4 rings (SSSR count). The van der Waals surface area contributed by atoms with E-state index in [2.05, 4.69) is 39.9 Å². The summed E-state index contributed by atoms with van der Waals surface area (Å²) in [4.78, 5) is 0. The molecular formula is C36H69N3O3. The van der Waals surface area contributed by atoms with Gasteiger partial charge in [-0.1, -0.05) is 41.0 Å². The normalized spacial score (nSPS) is 40.4. The van der Waals surface area contributed by atoms with Crippen LogP contribution in [-0.2, 0) is 14.2 Å². The van der Waals surface area contributed by atoms with Crippen LogP contribution in [0, 0.1) is 46.3 Å². The van der Waals surface area contributed by atoms with E-state index >= 15 is 0 Å². The summed E-state index contributed by atoms with van der Waals surface area (Å²) in [5.74, 6) is 4.11. The lowest BCUT2D eigenvalue weighted by Crippen LogP contribution is -2.63. The number of ether oxygens (including phenoxy) is 3. The zero-order valence-electron chi connectivity index (χ0n) is 28.2. The van der Waals surface area contributed by atoms with Gasteiger partial charge in [-0.05, 0) is 144 Å². The van der Waals surface area contributed by atoms with E-state index in [1.807, 2.05) is 0 Å². The van der Waals surface area contributed by atoms with E-state index < -0.39 is 0 Å². The Morgan fingerprint density at radius 3 is 2.29 bits per heavy atom. The van der Waals surface area contributed by atoms with Gasteiger partial charge in [-0.15, -0.1) is 0 Å². The first kappa shape index (κ1) is 34.6. The molecule has 4 fully saturated rings. The van der Waals surface area contributed by atoms with Crippen molar-refractivity contribution in [1.29, 1.82) is 0 Å². The van der Waals surface area contributed by atoms with Crippen LogP contribution in [0.4, 0.5) is 0 Å². The maximum atomic E-state index is 6.99. The van der Waals surface area contributed by atoms with Gasteiger partial charge in [-0.3, -0.25) is 0 Å². The van der Waals surface area contributed by atoms with E-state index in [-0.39, 0.29) is 5.41 Å². The molecular weight excluding hydrogens is 522 g/mol. The highest BCUT2D eigenvalue weighted by Gasteiger charge is 2.66. The Hall–Kier alpha value is -0.240. The molecule has 246 valence electrons. The average Bonchev–Trinajstić information content (AvgIpc) is 3.34. The Balaban J connectivity index is 1.61. The van der Waals surface area contributed by atoms with Crippen molar-refractivity contribution in [3.05, 3.63) is 0 Å². The van der Waals surface area contributed by atoms with Crippen LogP contribution >= 0.6 is 0 Å². The molecule has 0 aliphatic heterocycles. The van der Waals surface area contributed by atoms with Gasteiger partial charge < -0.3 is 31.0 Å². The first-order chi connectivity index (χ1) is 20.3. The summed E-state index contributed by atoms with van der Waals surface area (Å²) < 4.78 is 20.3. The van der Waals surface area contributed by atoms with Gasteiger partial charge in [0.05, 0.1) is 18.3 Å². The maximum Gasteiger partial charge on any atom is 0.0637 e. The molecule has 0 heterocycles. The van der Waals surface area contributed by atoms with Crippen molar-refractivity contribution < 1.29 is 14.2 Å². The Bertz CT molecular complexity index is 784. The maximum absolute atomic E-state index is 6.99. The number of rotatable bonds is 18. The molecule has 0 aromatic heterocycles. The molecule has 0 aromatic rings. The summed E-state index contributed by atoms with van der Waals surface area (Å²) >= 11 is 0. The van der Waals surface area contributed by atoms with Crippen molar-refractivity contribution in [2.75, 3.05) is 46.0 Å². The number of hydrogen-bond donors (Lipinski definition) is 3. The van der Waals surface area contributed by atoms with Crippen molar-refractivity contribution in [1.82, 2.24) is 5.32 Å². The van der Waals surface area contributed by atoms with Crippen LogP contribution in [0.25, 0.3) is 0 Å². The molecule has 2 unspecified atom stereocenters. The smallest absolute Gasteiger partial charge is 0.0637 e. The standard InChI is InChI=1S/C36H69N3O3/c1-6-8-20-41-32-24-27-23-28(40-21-10-17-37)15-16-35(27,4)31-25-33(42-22-11-18-38)36(5)29(13-14-30(36)34(31)32)26(3)12-9-19-39-7-2/h26-34,39H,6-25,37-38H2,1-5H3/t26-,27+,28-,29-,30+,31?,32-,33+,34?,35+,36-/m1/s1. The third-order valence-electron chi connectivity index (χ3n) is 12.9. The molecule has 5 N–H and O–H groups in total. The summed E-state index contributed by atoms with van der Waals surface area (Å²) in [6, 6.07) is 0. The minimum Gasteiger partial charge on any atom is -0.378 e. The Morgan fingerprint density at radius 1 is 0.833 bits per heavy atom. The van der Waals surface area contributed by atoms with Crippen molar-refractivity contribution in [3.8, 4) is 0 Å². The van der Waals surface area contributed by atoms with Gasteiger partial charge >= 0.3 is 0 Å². The highest BCUT2D eigenvalue weighted by Crippen LogP contribution is 2.69. The van der Waals surface area contributed by atoms with E-state index in [4.69, 9.17) is 25.7 Å². The van der Waals surface area contributed by atoms with Crippen LogP contribution in [0.15, 0.2) is 0 Å². The lowest BCUT2D eigenvalue weighted by atomic mass is 9.43. The first-order valence-electron chi connectivity index (χ1n) is 18.3. The van der Waals surface area contributed by atoms with Gasteiger partial charge in [-0.2, -0.15) is 0 Å². The summed E-state index contributed by atoms with van der Waals surface area (Å²) in [6.07, 6.45) is 16.7. The zero-order chi connectivity index (χ0) is 30.2. The Labute approximate surface area is 259 Å². The number of nitrogens with two attached hydrogens (primary N) is 2. The fourth-order valence-electron chi connectivity index (χ4n) is 10.6. The number of hydrogen-bond acceptors (Lipinski definition) is 6. The Kier molecular flexibility index (Phi) is 13.5. The van der Waals surface area contributed by atoms with E-state index in [0.717, 1.165) is 57.6 Å². The van der Waals surface area contributed by atoms with Gasteiger partial charge in [0.15, 0.2) is 0 Å². The molecule has 6 nitrogen and oxygen atoms in total. The monoisotopic (exact) mass is 592 g/mol. The van der Waals surface area contributed by atoms with Crippen molar-refractivity contribution >= 4 is 0 Å². The Morgan fingerprint density at radius 2 is 1.57 bits per heavy atom. The average molecular weight is 592 g/mol. The summed E-state index contributed by atoms with van der Waals surface area (Å²) in [7, 11) is 0. The highest BCUT2D eigenvalue weighted by molar-refractivity contribution is 5.15. The highest BCUT2D eigenvalue weighted by atomic mass is 16.5. The lowest BCUT2D eigenvalue weighted by Gasteiger charge is -2.65. The van der Waals surface area contributed by atoms with Gasteiger partial charge in [0.25, 0.3) is 0 Å².